The SMILES string of the molecule is Cc1cc(S(=O)(=O)C2CC3(CCN(CC4CCN(c5ccc6c(c5)n(C)c(=O)n6C5CCC(=O)NC5=O)CC4)CC3)C2)ccc1Nc1ncc2cc(Cl)c(=O)n(C3CCOCC3)c2n1. The highest BCUT2D eigenvalue weighted by Crippen LogP contribution is 2.53. The first-order chi connectivity index (χ1) is 30.8. The first-order valence-corrected chi connectivity index (χ1v) is 24.5. The summed E-state index contributed by atoms with van der Waals surface area (Å²) < 4.78 is 38.2. The predicted molar refractivity (Wildman–Crippen MR) is 244 cm³/mol. The molecule has 18 heteroatoms. The molecule has 10 rings (SSSR count). The number of imidazole rings is 1. The number of likely N-dealkylation sites (tertiary alicyclic amines) is 1. The maximum absolute atomic E-state index is 13.9. The van der Waals surface area contributed by atoms with Crippen molar-refractivity contribution in [2.45, 2.75) is 93.4 Å². The Labute approximate surface area is 375 Å². The second-order valence-electron chi connectivity index (χ2n) is 18.7. The van der Waals surface area contributed by atoms with E-state index in [2.05, 4.69) is 25.4 Å². The van der Waals surface area contributed by atoms with E-state index in [0.29, 0.717) is 84.3 Å². The number of aromatic nitrogens is 5. The van der Waals surface area contributed by atoms with Gasteiger partial charge < -0.3 is 19.9 Å². The lowest BCUT2D eigenvalue weighted by Crippen LogP contribution is -2.52. The van der Waals surface area contributed by atoms with E-state index in [9.17, 15) is 27.6 Å². The number of carbonyl (C=O) groups is 2. The molecule has 1 aliphatic carbocycles. The summed E-state index contributed by atoms with van der Waals surface area (Å²) in [5.41, 5.74) is 3.97. The van der Waals surface area contributed by atoms with Crippen molar-refractivity contribution >= 4 is 72.6 Å². The minimum Gasteiger partial charge on any atom is -0.381 e. The van der Waals surface area contributed by atoms with Crippen LogP contribution in [0.4, 0.5) is 17.3 Å². The van der Waals surface area contributed by atoms with Crippen LogP contribution >= 0.6 is 11.6 Å². The average molecular weight is 913 g/mol. The molecule has 4 saturated heterocycles. The monoisotopic (exact) mass is 911 g/mol. The fourth-order valence-corrected chi connectivity index (χ4v) is 13.3. The molecule has 1 spiro atoms. The number of carbonyl (C=O) groups excluding carboxylic acids is 2. The van der Waals surface area contributed by atoms with Crippen molar-refractivity contribution in [1.82, 2.24) is 33.9 Å². The Kier molecular flexibility index (Phi) is 11.2. The normalized spacial score (nSPS) is 21.7. The summed E-state index contributed by atoms with van der Waals surface area (Å²) in [6, 6.07) is 12.0. The number of piperidine rings is 3. The van der Waals surface area contributed by atoms with Crippen LogP contribution in [0.1, 0.15) is 81.9 Å². The molecule has 7 heterocycles. The molecule has 3 aromatic heterocycles. The summed E-state index contributed by atoms with van der Waals surface area (Å²) in [6.45, 7) is 7.83. The minimum atomic E-state index is -3.52. The molecule has 2 amide bonds. The summed E-state index contributed by atoms with van der Waals surface area (Å²) in [6.07, 6.45) is 9.06. The third-order valence-corrected chi connectivity index (χ3v) is 17.2. The lowest BCUT2D eigenvalue weighted by atomic mass is 9.63. The van der Waals surface area contributed by atoms with Crippen LogP contribution in [0.15, 0.2) is 63.1 Å². The van der Waals surface area contributed by atoms with Crippen LogP contribution in [0.5, 0.6) is 0 Å². The quantitative estimate of drug-likeness (QED) is 0.180. The van der Waals surface area contributed by atoms with Gasteiger partial charge in [0.25, 0.3) is 5.56 Å². The van der Waals surface area contributed by atoms with Crippen molar-refractivity contribution in [3.8, 4) is 0 Å². The van der Waals surface area contributed by atoms with Crippen molar-refractivity contribution in [3.05, 3.63) is 80.1 Å². The van der Waals surface area contributed by atoms with Crippen molar-refractivity contribution in [3.63, 3.8) is 0 Å². The van der Waals surface area contributed by atoms with Crippen LogP contribution in [-0.4, -0.2) is 100.0 Å². The van der Waals surface area contributed by atoms with Crippen LogP contribution in [-0.2, 0) is 31.2 Å². The predicted octanol–water partition coefficient (Wildman–Crippen LogP) is 5.41. The molecular formula is C46H54ClN9O7S. The Morgan fingerprint density at radius 1 is 0.906 bits per heavy atom. The number of pyridine rings is 1. The molecule has 64 heavy (non-hydrogen) atoms. The summed E-state index contributed by atoms with van der Waals surface area (Å²) >= 11 is 6.32. The smallest absolute Gasteiger partial charge is 0.329 e. The van der Waals surface area contributed by atoms with Gasteiger partial charge in [-0.3, -0.25) is 33.4 Å². The maximum atomic E-state index is 13.9. The lowest BCUT2D eigenvalue weighted by Gasteiger charge is -2.52. The largest absolute Gasteiger partial charge is 0.381 e. The zero-order valence-electron chi connectivity index (χ0n) is 36.2. The molecule has 2 N–H and O–H groups in total. The van der Waals surface area contributed by atoms with Crippen LogP contribution in [0.25, 0.3) is 22.1 Å². The standard InChI is InChI=1S/C46H54ClN9O7S/c1-28-21-33(4-5-36(28)49-44-48-26-30-22-35(47)43(59)55(41(30)51-44)31-11-19-63-20-12-31)64(61,62)34-24-46(25-34)13-17-53(18-14-46)27-29-9-15-54(16-10-29)32-3-6-37-39(23-32)52(2)45(60)56(37)38-7-8-40(57)50-42(38)58/h3-6,21-23,26,29,31,34,38H,7-20,24-25,27H2,1-2H3,(H,48,49,51)(H,50,57,58). The first kappa shape index (κ1) is 42.8. The molecule has 1 atom stereocenters. The van der Waals surface area contributed by atoms with Crippen LogP contribution in [0, 0.1) is 18.3 Å². The molecule has 0 radical (unpaired) electrons. The summed E-state index contributed by atoms with van der Waals surface area (Å²) in [7, 11) is -1.79. The van der Waals surface area contributed by atoms with Gasteiger partial charge in [0.15, 0.2) is 9.84 Å². The first-order valence-electron chi connectivity index (χ1n) is 22.6. The molecule has 1 unspecified atom stereocenters. The highest BCUT2D eigenvalue weighted by atomic mass is 35.5. The average Bonchev–Trinajstić information content (AvgIpc) is 3.52. The van der Waals surface area contributed by atoms with Gasteiger partial charge in [0.2, 0.25) is 17.8 Å². The number of benzene rings is 2. The zero-order valence-corrected chi connectivity index (χ0v) is 37.8. The van der Waals surface area contributed by atoms with Gasteiger partial charge in [0, 0.05) is 75.3 Å². The summed E-state index contributed by atoms with van der Waals surface area (Å²) in [5, 5.41) is 6.01. The molecular weight excluding hydrogens is 858 g/mol. The number of anilines is 3. The molecule has 16 nitrogen and oxygen atoms in total. The van der Waals surface area contributed by atoms with E-state index in [0.717, 1.165) is 75.2 Å². The number of fused-ring (bicyclic) bond motifs is 2. The van der Waals surface area contributed by atoms with Gasteiger partial charge in [-0.25, -0.2) is 18.2 Å². The minimum absolute atomic E-state index is 0.0766. The maximum Gasteiger partial charge on any atom is 0.329 e. The van der Waals surface area contributed by atoms with Crippen molar-refractivity contribution in [2.24, 2.45) is 18.4 Å². The van der Waals surface area contributed by atoms with Crippen molar-refractivity contribution in [2.75, 3.05) is 56.2 Å². The van der Waals surface area contributed by atoms with E-state index < -0.39 is 27.0 Å². The fraction of sp³-hybridized carbons (Fsp3) is 0.522. The van der Waals surface area contributed by atoms with E-state index >= 15 is 0 Å². The van der Waals surface area contributed by atoms with E-state index in [4.69, 9.17) is 21.3 Å². The molecule has 4 aliphatic heterocycles. The molecule has 0 bridgehead atoms. The number of halogens is 1. The number of imide groups is 1. The fourth-order valence-electron chi connectivity index (χ4n) is 11.0. The van der Waals surface area contributed by atoms with Gasteiger partial charge in [0.05, 0.1) is 21.2 Å². The number of rotatable bonds is 9. The molecule has 1 saturated carbocycles. The van der Waals surface area contributed by atoms with E-state index in [-0.39, 0.29) is 40.1 Å². The van der Waals surface area contributed by atoms with Gasteiger partial charge in [-0.15, -0.1) is 0 Å². The Morgan fingerprint density at radius 3 is 2.38 bits per heavy atom. The Hall–Kier alpha value is -5.10. The summed E-state index contributed by atoms with van der Waals surface area (Å²) in [5.74, 6) is 0.140. The Morgan fingerprint density at radius 2 is 1.66 bits per heavy atom. The number of aryl methyl sites for hydroxylation is 2. The highest BCUT2D eigenvalue weighted by Gasteiger charge is 2.51. The number of nitrogens with one attached hydrogen (secondary N) is 2. The highest BCUT2D eigenvalue weighted by molar-refractivity contribution is 7.92. The zero-order chi connectivity index (χ0) is 44.5. The lowest BCUT2D eigenvalue weighted by molar-refractivity contribution is -0.135. The van der Waals surface area contributed by atoms with Crippen LogP contribution in [0.3, 0.4) is 0 Å². The number of hydrogen-bond acceptors (Lipinski definition) is 12. The number of amides is 2. The van der Waals surface area contributed by atoms with Crippen molar-refractivity contribution in [1.29, 1.82) is 0 Å². The van der Waals surface area contributed by atoms with Gasteiger partial charge in [-0.1, -0.05) is 11.6 Å². The molecule has 2 aromatic carbocycles. The number of hydrogen-bond donors (Lipinski definition) is 2. The van der Waals surface area contributed by atoms with E-state index in [1.165, 1.54) is 4.57 Å². The second kappa shape index (κ2) is 16.7. The van der Waals surface area contributed by atoms with Crippen LogP contribution in [0.2, 0.25) is 5.02 Å². The van der Waals surface area contributed by atoms with Gasteiger partial charge >= 0.3 is 5.69 Å². The Balaban J connectivity index is 0.719. The van der Waals surface area contributed by atoms with E-state index in [1.807, 2.05) is 25.1 Å². The number of sulfone groups is 1. The topological polar surface area (TPSA) is 183 Å². The van der Waals surface area contributed by atoms with Crippen molar-refractivity contribution < 1.29 is 22.7 Å². The molecule has 5 aliphatic rings. The van der Waals surface area contributed by atoms with Gasteiger partial charge in [-0.05, 0) is 137 Å². The number of ether oxygens (including phenoxy) is 1. The van der Waals surface area contributed by atoms with E-state index in [1.54, 1.807) is 46.6 Å². The molecule has 5 aromatic rings. The van der Waals surface area contributed by atoms with Gasteiger partial charge in [-0.2, -0.15) is 4.98 Å². The Bertz CT molecular complexity index is 2900. The van der Waals surface area contributed by atoms with Crippen LogP contribution < -0.4 is 26.8 Å². The molecule has 5 fully saturated rings. The molecule has 338 valence electrons. The second-order valence-corrected chi connectivity index (χ2v) is 21.4. The third-order valence-electron chi connectivity index (χ3n) is 14.8. The summed E-state index contributed by atoms with van der Waals surface area (Å²) in [4.78, 5) is 65.3. The number of nitrogens with zero attached hydrogens (tertiary/aromatic N) is 7. The third kappa shape index (κ3) is 7.81. The van der Waals surface area contributed by atoms with Gasteiger partial charge in [0.1, 0.15) is 16.7 Å².